The highest BCUT2D eigenvalue weighted by Crippen LogP contribution is 2.20. The molecule has 6 heteroatoms. The lowest BCUT2D eigenvalue weighted by Crippen LogP contribution is -2.22. The smallest absolute Gasteiger partial charge is 0.232 e. The minimum atomic E-state index is -2.02. The summed E-state index contributed by atoms with van der Waals surface area (Å²) < 4.78 is 21.5. The summed E-state index contributed by atoms with van der Waals surface area (Å²) in [5.41, 5.74) is 2.61. The first-order chi connectivity index (χ1) is 8.58. The molecule has 0 spiro atoms. The SMILES string of the molecule is C=CCN(C=O)c1ccc(CNS(=O)O)cc1C. The maximum absolute atomic E-state index is 10.9. The molecule has 1 unspecified atom stereocenters. The van der Waals surface area contributed by atoms with E-state index in [1.54, 1.807) is 11.0 Å². The van der Waals surface area contributed by atoms with Crippen LogP contribution in [-0.2, 0) is 22.6 Å². The van der Waals surface area contributed by atoms with Crippen molar-refractivity contribution >= 4 is 23.4 Å². The number of carbonyl (C=O) groups excluding carboxylic acids is 1. The van der Waals surface area contributed by atoms with Gasteiger partial charge in [-0.25, -0.2) is 8.93 Å². The highest BCUT2D eigenvalue weighted by atomic mass is 32.2. The van der Waals surface area contributed by atoms with Gasteiger partial charge in [-0.3, -0.25) is 9.35 Å². The van der Waals surface area contributed by atoms with Crippen LogP contribution in [0.2, 0.25) is 0 Å². The summed E-state index contributed by atoms with van der Waals surface area (Å²) in [5.74, 6) is 0. The summed E-state index contributed by atoms with van der Waals surface area (Å²) in [6, 6.07) is 5.49. The Morgan fingerprint density at radius 2 is 2.28 bits per heavy atom. The second-order valence-corrected chi connectivity index (χ2v) is 4.52. The van der Waals surface area contributed by atoms with Crippen LogP contribution < -0.4 is 9.62 Å². The average molecular weight is 268 g/mol. The second kappa shape index (κ2) is 7.05. The quantitative estimate of drug-likeness (QED) is 0.446. The predicted molar refractivity (Wildman–Crippen MR) is 72.4 cm³/mol. The molecular weight excluding hydrogens is 252 g/mol. The van der Waals surface area contributed by atoms with Crippen molar-refractivity contribution < 1.29 is 13.6 Å². The first-order valence-corrected chi connectivity index (χ1v) is 6.46. The molecule has 0 aliphatic heterocycles. The van der Waals surface area contributed by atoms with Crippen molar-refractivity contribution in [1.82, 2.24) is 4.72 Å². The maximum atomic E-state index is 10.9. The second-order valence-electron chi connectivity index (χ2n) is 3.74. The Morgan fingerprint density at radius 3 is 2.78 bits per heavy atom. The zero-order valence-corrected chi connectivity index (χ0v) is 10.9. The van der Waals surface area contributed by atoms with Crippen LogP contribution in [0.4, 0.5) is 5.69 Å². The third-order valence-corrected chi connectivity index (χ3v) is 2.81. The van der Waals surface area contributed by atoms with Crippen molar-refractivity contribution in [2.75, 3.05) is 11.4 Å². The van der Waals surface area contributed by atoms with Gasteiger partial charge < -0.3 is 4.90 Å². The molecule has 1 aromatic rings. The van der Waals surface area contributed by atoms with Crippen LogP contribution >= 0.6 is 0 Å². The van der Waals surface area contributed by atoms with Gasteiger partial charge in [0.05, 0.1) is 0 Å². The Labute approximate surface area is 109 Å². The van der Waals surface area contributed by atoms with Crippen LogP contribution in [0.25, 0.3) is 0 Å². The molecular formula is C12H16N2O3S. The lowest BCUT2D eigenvalue weighted by Gasteiger charge is -2.18. The van der Waals surface area contributed by atoms with Gasteiger partial charge in [-0.1, -0.05) is 18.2 Å². The lowest BCUT2D eigenvalue weighted by atomic mass is 10.1. The lowest BCUT2D eigenvalue weighted by molar-refractivity contribution is -0.107. The molecule has 98 valence electrons. The molecule has 0 aliphatic carbocycles. The number of anilines is 1. The van der Waals surface area contributed by atoms with Gasteiger partial charge in [-0.2, -0.15) is 0 Å². The molecule has 0 heterocycles. The van der Waals surface area contributed by atoms with Gasteiger partial charge in [-0.05, 0) is 24.1 Å². The number of rotatable bonds is 7. The van der Waals surface area contributed by atoms with E-state index in [1.165, 1.54) is 0 Å². The fourth-order valence-corrected chi connectivity index (χ4v) is 1.92. The largest absolute Gasteiger partial charge is 0.311 e. The van der Waals surface area contributed by atoms with Crippen LogP contribution in [0.3, 0.4) is 0 Å². The molecule has 0 bridgehead atoms. The standard InChI is InChI=1S/C12H16N2O3S/c1-3-6-14(9-15)12-5-4-11(7-10(12)2)8-13-18(16)17/h3-5,7,9,13H,1,6,8H2,2H3,(H,16,17). The topological polar surface area (TPSA) is 69.6 Å². The minimum absolute atomic E-state index is 0.298. The number of benzene rings is 1. The molecule has 0 aliphatic rings. The summed E-state index contributed by atoms with van der Waals surface area (Å²) in [4.78, 5) is 12.5. The van der Waals surface area contributed by atoms with Crippen molar-refractivity contribution in [3.05, 3.63) is 42.0 Å². The van der Waals surface area contributed by atoms with E-state index in [2.05, 4.69) is 11.3 Å². The Balaban J connectivity index is 2.87. The highest BCUT2D eigenvalue weighted by molar-refractivity contribution is 7.77. The van der Waals surface area contributed by atoms with Crippen molar-refractivity contribution in [2.45, 2.75) is 13.5 Å². The average Bonchev–Trinajstić information content (AvgIpc) is 2.34. The number of amides is 1. The van der Waals surface area contributed by atoms with E-state index in [0.717, 1.165) is 23.2 Å². The molecule has 0 fully saturated rings. The number of nitrogens with one attached hydrogen (secondary N) is 1. The Hall–Kier alpha value is -1.50. The summed E-state index contributed by atoms with van der Waals surface area (Å²) in [6.45, 7) is 6.23. The summed E-state index contributed by atoms with van der Waals surface area (Å²) in [6.07, 6.45) is 2.41. The number of nitrogens with zero attached hydrogens (tertiary/aromatic N) is 1. The molecule has 1 rings (SSSR count). The molecule has 5 nitrogen and oxygen atoms in total. The van der Waals surface area contributed by atoms with Gasteiger partial charge in [0.1, 0.15) is 0 Å². The van der Waals surface area contributed by atoms with Crippen molar-refractivity contribution in [1.29, 1.82) is 0 Å². The summed E-state index contributed by atoms with van der Waals surface area (Å²) in [5, 5.41) is 0. The minimum Gasteiger partial charge on any atom is -0.311 e. The van der Waals surface area contributed by atoms with E-state index in [0.29, 0.717) is 13.1 Å². The molecule has 1 atom stereocenters. The maximum Gasteiger partial charge on any atom is 0.232 e. The monoisotopic (exact) mass is 268 g/mol. The van der Waals surface area contributed by atoms with E-state index in [-0.39, 0.29) is 0 Å². The zero-order chi connectivity index (χ0) is 13.5. The van der Waals surface area contributed by atoms with Gasteiger partial charge >= 0.3 is 0 Å². The van der Waals surface area contributed by atoms with Crippen LogP contribution in [-0.4, -0.2) is 21.7 Å². The van der Waals surface area contributed by atoms with E-state index in [1.807, 2.05) is 25.1 Å². The molecule has 0 saturated carbocycles. The number of hydrogen-bond donors (Lipinski definition) is 2. The Bertz CT molecular complexity index is 463. The Kier molecular flexibility index (Phi) is 5.70. The fraction of sp³-hybridized carbons (Fsp3) is 0.250. The van der Waals surface area contributed by atoms with E-state index in [4.69, 9.17) is 4.55 Å². The molecule has 0 saturated heterocycles. The van der Waals surface area contributed by atoms with Crippen molar-refractivity contribution in [2.24, 2.45) is 0 Å². The molecule has 2 N–H and O–H groups in total. The van der Waals surface area contributed by atoms with E-state index < -0.39 is 11.3 Å². The number of carbonyl (C=O) groups is 1. The Morgan fingerprint density at radius 1 is 1.56 bits per heavy atom. The van der Waals surface area contributed by atoms with Crippen LogP contribution in [0.15, 0.2) is 30.9 Å². The predicted octanol–water partition coefficient (Wildman–Crippen LogP) is 1.37. The molecule has 1 amide bonds. The molecule has 1 aromatic carbocycles. The third-order valence-electron chi connectivity index (χ3n) is 2.42. The normalized spacial score (nSPS) is 11.9. The van der Waals surface area contributed by atoms with Crippen molar-refractivity contribution in [3.63, 3.8) is 0 Å². The molecule has 0 radical (unpaired) electrons. The highest BCUT2D eigenvalue weighted by Gasteiger charge is 2.07. The van der Waals surface area contributed by atoms with E-state index >= 15 is 0 Å². The van der Waals surface area contributed by atoms with Gasteiger partial charge in [-0.15, -0.1) is 6.58 Å². The van der Waals surface area contributed by atoms with Gasteiger partial charge in [0, 0.05) is 18.8 Å². The summed E-state index contributed by atoms with van der Waals surface area (Å²) in [7, 11) is 0. The molecule has 0 aromatic heterocycles. The van der Waals surface area contributed by atoms with Crippen LogP contribution in [0.1, 0.15) is 11.1 Å². The van der Waals surface area contributed by atoms with Gasteiger partial charge in [0.15, 0.2) is 0 Å². The first-order valence-electron chi connectivity index (χ1n) is 5.35. The number of aryl methyl sites for hydroxylation is 1. The molecule has 18 heavy (non-hydrogen) atoms. The van der Waals surface area contributed by atoms with E-state index in [9.17, 15) is 9.00 Å². The van der Waals surface area contributed by atoms with Gasteiger partial charge in [0.2, 0.25) is 17.7 Å². The summed E-state index contributed by atoms with van der Waals surface area (Å²) >= 11 is -2.02. The third kappa shape index (κ3) is 4.06. The van der Waals surface area contributed by atoms with Crippen LogP contribution in [0, 0.1) is 6.92 Å². The van der Waals surface area contributed by atoms with Crippen molar-refractivity contribution in [3.8, 4) is 0 Å². The fourth-order valence-electron chi connectivity index (χ4n) is 1.63. The first kappa shape index (κ1) is 14.6. The van der Waals surface area contributed by atoms with Gasteiger partial charge in [0.25, 0.3) is 0 Å². The zero-order valence-electron chi connectivity index (χ0n) is 10.1. The number of hydrogen-bond acceptors (Lipinski definition) is 2. The van der Waals surface area contributed by atoms with Crippen LogP contribution in [0.5, 0.6) is 0 Å².